The predicted octanol–water partition coefficient (Wildman–Crippen LogP) is 4.80. The van der Waals surface area contributed by atoms with Crippen molar-refractivity contribution >= 4 is 26.7 Å². The van der Waals surface area contributed by atoms with Gasteiger partial charge in [-0.15, -0.1) is 0 Å². The van der Waals surface area contributed by atoms with Crippen molar-refractivity contribution in [3.8, 4) is 6.07 Å². The van der Waals surface area contributed by atoms with Gasteiger partial charge in [0, 0.05) is 6.54 Å². The van der Waals surface area contributed by atoms with Crippen molar-refractivity contribution in [1.82, 2.24) is 9.97 Å². The van der Waals surface area contributed by atoms with E-state index in [1.54, 1.807) is 18.2 Å². The number of nitrogens with one attached hydrogen (secondary N) is 1. The monoisotopic (exact) mass is 438 g/mol. The largest absolute Gasteiger partial charge is 0.368 e. The fourth-order valence-corrected chi connectivity index (χ4v) is 5.38. The number of aromatic nitrogens is 2. The molecule has 1 aromatic heterocycles. The molecule has 31 heavy (non-hydrogen) atoms. The van der Waals surface area contributed by atoms with Crippen LogP contribution in [0.15, 0.2) is 53.4 Å². The molecule has 160 valence electrons. The van der Waals surface area contributed by atoms with Crippen molar-refractivity contribution in [2.75, 3.05) is 11.9 Å². The second-order valence-corrected chi connectivity index (χ2v) is 9.87. The van der Waals surface area contributed by atoms with E-state index in [1.165, 1.54) is 31.4 Å². The van der Waals surface area contributed by atoms with Gasteiger partial charge >= 0.3 is 0 Å². The van der Waals surface area contributed by atoms with Gasteiger partial charge in [0.25, 0.3) is 0 Å². The molecule has 1 unspecified atom stereocenters. The lowest BCUT2D eigenvalue weighted by atomic mass is 9.89. The van der Waals surface area contributed by atoms with Gasteiger partial charge in [0.2, 0.25) is 9.84 Å². The predicted molar refractivity (Wildman–Crippen MR) is 117 cm³/mol. The maximum atomic E-state index is 13.3. The lowest BCUT2D eigenvalue weighted by Gasteiger charge is -2.23. The van der Waals surface area contributed by atoms with E-state index in [0.29, 0.717) is 29.3 Å². The zero-order chi connectivity index (χ0) is 21.8. The van der Waals surface area contributed by atoms with Crippen LogP contribution in [0.3, 0.4) is 0 Å². The number of nitrogens with zero attached hydrogens (tertiary/aromatic N) is 3. The van der Waals surface area contributed by atoms with E-state index in [0.717, 1.165) is 25.0 Å². The Labute approximate surface area is 181 Å². The van der Waals surface area contributed by atoms with E-state index < -0.39 is 20.9 Å². The van der Waals surface area contributed by atoms with Crippen LogP contribution in [0.1, 0.15) is 43.0 Å². The van der Waals surface area contributed by atoms with Crippen LogP contribution in [0.5, 0.6) is 0 Å². The Hall–Kier alpha value is -3.05. The fourth-order valence-electron chi connectivity index (χ4n) is 4.00. The molecule has 1 fully saturated rings. The first-order chi connectivity index (χ1) is 15.0. The molecule has 1 saturated carbocycles. The summed E-state index contributed by atoms with van der Waals surface area (Å²) in [6.07, 6.45) is 5.83. The molecule has 0 aliphatic heterocycles. The third-order valence-electron chi connectivity index (χ3n) is 5.70. The minimum atomic E-state index is -4.13. The second-order valence-electron chi connectivity index (χ2n) is 7.84. The molecule has 2 aromatic carbocycles. The number of sulfone groups is 1. The Morgan fingerprint density at radius 1 is 1.03 bits per heavy atom. The van der Waals surface area contributed by atoms with E-state index in [2.05, 4.69) is 15.3 Å². The summed E-state index contributed by atoms with van der Waals surface area (Å²) in [5.41, 5.74) is 1.20. The van der Waals surface area contributed by atoms with E-state index in [1.807, 2.05) is 12.1 Å². The van der Waals surface area contributed by atoms with Crippen molar-refractivity contribution in [3.05, 3.63) is 60.0 Å². The molecular weight excluding hydrogens is 415 g/mol. The Bertz CT molecular complexity index is 1220. The Morgan fingerprint density at radius 2 is 1.68 bits per heavy atom. The highest BCUT2D eigenvalue weighted by atomic mass is 32.2. The SMILES string of the molecule is N#CC(c1nc2ccccc2nc1NCC1CCCCC1)S(=O)(=O)c1ccc(F)cc1. The summed E-state index contributed by atoms with van der Waals surface area (Å²) >= 11 is 0. The van der Waals surface area contributed by atoms with Gasteiger partial charge in [0.15, 0.2) is 11.1 Å². The number of para-hydroxylation sites is 2. The number of halogens is 1. The highest BCUT2D eigenvalue weighted by Gasteiger charge is 2.33. The van der Waals surface area contributed by atoms with Crippen LogP contribution in [0.2, 0.25) is 0 Å². The van der Waals surface area contributed by atoms with Crippen molar-refractivity contribution in [2.24, 2.45) is 5.92 Å². The molecule has 1 N–H and O–H groups in total. The number of anilines is 1. The van der Waals surface area contributed by atoms with Crippen molar-refractivity contribution in [1.29, 1.82) is 5.26 Å². The van der Waals surface area contributed by atoms with Crippen LogP contribution < -0.4 is 5.32 Å². The summed E-state index contributed by atoms with van der Waals surface area (Å²) in [6, 6.07) is 13.5. The summed E-state index contributed by atoms with van der Waals surface area (Å²) < 4.78 is 39.8. The van der Waals surface area contributed by atoms with Gasteiger partial charge in [0.1, 0.15) is 11.5 Å². The first kappa shape index (κ1) is 21.2. The van der Waals surface area contributed by atoms with Crippen LogP contribution in [0, 0.1) is 23.1 Å². The van der Waals surface area contributed by atoms with Crippen LogP contribution >= 0.6 is 0 Å². The number of benzene rings is 2. The molecule has 3 aromatic rings. The number of hydrogen-bond acceptors (Lipinski definition) is 6. The molecule has 0 saturated heterocycles. The summed E-state index contributed by atoms with van der Waals surface area (Å²) in [4.78, 5) is 8.99. The summed E-state index contributed by atoms with van der Waals surface area (Å²) in [7, 11) is -4.13. The molecule has 1 atom stereocenters. The van der Waals surface area contributed by atoms with Gasteiger partial charge in [-0.1, -0.05) is 31.4 Å². The summed E-state index contributed by atoms with van der Waals surface area (Å²) in [5.74, 6) is 0.235. The summed E-state index contributed by atoms with van der Waals surface area (Å²) in [6.45, 7) is 0.648. The molecule has 8 heteroatoms. The molecular formula is C23H23FN4O2S. The first-order valence-electron chi connectivity index (χ1n) is 10.4. The number of hydrogen-bond donors (Lipinski definition) is 1. The van der Waals surface area contributed by atoms with Gasteiger partial charge in [-0.05, 0) is 55.2 Å². The number of nitriles is 1. The van der Waals surface area contributed by atoms with Gasteiger partial charge in [-0.2, -0.15) is 5.26 Å². The quantitative estimate of drug-likeness (QED) is 0.556. The molecule has 0 spiro atoms. The van der Waals surface area contributed by atoms with E-state index >= 15 is 0 Å². The third kappa shape index (κ3) is 4.52. The second kappa shape index (κ2) is 8.98. The van der Waals surface area contributed by atoms with Gasteiger partial charge in [-0.3, -0.25) is 0 Å². The standard InChI is InChI=1S/C23H23FN4O2S/c24-17-10-12-18(13-11-17)31(29,30)21(14-25)22-23(26-15-16-6-2-1-3-7-16)28-20-9-5-4-8-19(20)27-22/h4-5,8-13,16,21H,1-3,6-7,15H2,(H,26,28). The van der Waals surface area contributed by atoms with E-state index in [-0.39, 0.29) is 10.6 Å². The van der Waals surface area contributed by atoms with Crippen molar-refractivity contribution in [2.45, 2.75) is 42.2 Å². The van der Waals surface area contributed by atoms with Crippen LogP contribution in [-0.2, 0) is 9.84 Å². The van der Waals surface area contributed by atoms with E-state index in [9.17, 15) is 18.1 Å². The fraction of sp³-hybridized carbons (Fsp3) is 0.348. The van der Waals surface area contributed by atoms with Gasteiger partial charge in [-0.25, -0.2) is 22.8 Å². The maximum Gasteiger partial charge on any atom is 0.200 e. The van der Waals surface area contributed by atoms with Crippen molar-refractivity contribution in [3.63, 3.8) is 0 Å². The molecule has 0 bridgehead atoms. The average molecular weight is 439 g/mol. The van der Waals surface area contributed by atoms with Crippen LogP contribution in [0.4, 0.5) is 10.2 Å². The molecule has 1 aliphatic rings. The highest BCUT2D eigenvalue weighted by Crippen LogP contribution is 2.33. The average Bonchev–Trinajstić information content (AvgIpc) is 2.79. The summed E-state index contributed by atoms with van der Waals surface area (Å²) in [5, 5.41) is 11.6. The smallest absolute Gasteiger partial charge is 0.200 e. The topological polar surface area (TPSA) is 95.7 Å². The Balaban J connectivity index is 1.75. The number of rotatable bonds is 6. The number of fused-ring (bicyclic) bond motifs is 1. The lowest BCUT2D eigenvalue weighted by Crippen LogP contribution is -2.21. The normalized spacial score (nSPS) is 16.0. The van der Waals surface area contributed by atoms with Crippen LogP contribution in [0.25, 0.3) is 11.0 Å². The lowest BCUT2D eigenvalue weighted by molar-refractivity contribution is 0.373. The third-order valence-corrected chi connectivity index (χ3v) is 7.58. The molecule has 4 rings (SSSR count). The van der Waals surface area contributed by atoms with E-state index in [4.69, 9.17) is 0 Å². The van der Waals surface area contributed by atoms with Crippen molar-refractivity contribution < 1.29 is 12.8 Å². The molecule has 1 aliphatic carbocycles. The zero-order valence-corrected chi connectivity index (χ0v) is 17.8. The van der Waals surface area contributed by atoms with Gasteiger partial charge in [0.05, 0.1) is 22.0 Å². The minimum absolute atomic E-state index is 0.0707. The van der Waals surface area contributed by atoms with Gasteiger partial charge < -0.3 is 5.32 Å². The molecule has 0 radical (unpaired) electrons. The minimum Gasteiger partial charge on any atom is -0.368 e. The molecule has 1 heterocycles. The first-order valence-corrected chi connectivity index (χ1v) is 11.9. The zero-order valence-electron chi connectivity index (χ0n) is 17.0. The Morgan fingerprint density at radius 3 is 2.32 bits per heavy atom. The molecule has 6 nitrogen and oxygen atoms in total. The van der Waals surface area contributed by atoms with Crippen LogP contribution in [-0.4, -0.2) is 24.9 Å². The maximum absolute atomic E-state index is 13.3. The highest BCUT2D eigenvalue weighted by molar-refractivity contribution is 7.92. The Kier molecular flexibility index (Phi) is 6.14. The molecule has 0 amide bonds.